The van der Waals surface area contributed by atoms with Gasteiger partial charge in [-0.3, -0.25) is 0 Å². The fourth-order valence-corrected chi connectivity index (χ4v) is 4.74. The Morgan fingerprint density at radius 2 is 1.95 bits per heavy atom. The summed E-state index contributed by atoms with van der Waals surface area (Å²) in [6, 6.07) is 2.19. The molecule has 19 heavy (non-hydrogen) atoms. The number of ether oxygens (including phenoxy) is 1. The lowest BCUT2D eigenvalue weighted by molar-refractivity contribution is 0.165. The van der Waals surface area contributed by atoms with Crippen LogP contribution in [0.15, 0.2) is 0 Å². The number of hydrogen-bond acceptors (Lipinski definition) is 4. The van der Waals surface area contributed by atoms with Crippen LogP contribution in [0.1, 0.15) is 40.0 Å². The maximum absolute atomic E-state index is 12.4. The number of sulfone groups is 1. The molecular formula is C14H25NO3S. The molecule has 0 N–H and O–H groups in total. The lowest BCUT2D eigenvalue weighted by Gasteiger charge is -2.39. The summed E-state index contributed by atoms with van der Waals surface area (Å²) in [6.45, 7) is 6.63. The topological polar surface area (TPSA) is 67.2 Å². The molecule has 110 valence electrons. The van der Waals surface area contributed by atoms with E-state index in [0.29, 0.717) is 18.8 Å². The van der Waals surface area contributed by atoms with Crippen LogP contribution in [0.3, 0.4) is 0 Å². The molecule has 0 aromatic carbocycles. The third-order valence-corrected chi connectivity index (χ3v) is 6.39. The molecule has 0 spiro atoms. The fraction of sp³-hybridized carbons (Fsp3) is 0.929. The van der Waals surface area contributed by atoms with Gasteiger partial charge in [-0.15, -0.1) is 0 Å². The van der Waals surface area contributed by atoms with Crippen LogP contribution in [-0.2, 0) is 14.6 Å². The molecule has 0 heterocycles. The first-order valence-electron chi connectivity index (χ1n) is 6.82. The summed E-state index contributed by atoms with van der Waals surface area (Å²) in [5.41, 5.74) is 0.0927. The Kier molecular flexibility index (Phi) is 5.40. The van der Waals surface area contributed by atoms with E-state index < -0.39 is 15.1 Å². The predicted molar refractivity (Wildman–Crippen MR) is 75.3 cm³/mol. The second kappa shape index (κ2) is 6.23. The highest BCUT2D eigenvalue weighted by molar-refractivity contribution is 7.92. The molecule has 5 heteroatoms. The molecule has 1 aliphatic rings. The SMILES string of the molecule is COCCS(=O)(=O)C1CC(C(C)(C)C)CCC1C#N. The molecule has 1 aliphatic carbocycles. The lowest BCUT2D eigenvalue weighted by Crippen LogP contribution is -2.40. The van der Waals surface area contributed by atoms with Gasteiger partial charge in [-0.2, -0.15) is 5.26 Å². The van der Waals surface area contributed by atoms with Gasteiger partial charge in [0.1, 0.15) is 0 Å². The Labute approximate surface area is 117 Å². The van der Waals surface area contributed by atoms with E-state index in [4.69, 9.17) is 4.74 Å². The van der Waals surface area contributed by atoms with E-state index in [1.807, 2.05) is 0 Å². The minimum atomic E-state index is -3.25. The Morgan fingerprint density at radius 1 is 1.32 bits per heavy atom. The summed E-state index contributed by atoms with van der Waals surface area (Å²) in [5.74, 6) is 0.0170. The van der Waals surface area contributed by atoms with Crippen molar-refractivity contribution in [2.45, 2.75) is 45.3 Å². The number of methoxy groups -OCH3 is 1. The van der Waals surface area contributed by atoms with Gasteiger partial charge in [0.05, 0.1) is 29.6 Å². The van der Waals surface area contributed by atoms with Crippen LogP contribution < -0.4 is 0 Å². The molecular weight excluding hydrogens is 262 g/mol. The molecule has 0 aliphatic heterocycles. The van der Waals surface area contributed by atoms with E-state index in [-0.39, 0.29) is 23.7 Å². The van der Waals surface area contributed by atoms with Crippen molar-refractivity contribution in [2.75, 3.05) is 19.5 Å². The predicted octanol–water partition coefficient (Wildman–Crippen LogP) is 2.40. The van der Waals surface area contributed by atoms with Crippen molar-refractivity contribution < 1.29 is 13.2 Å². The molecule has 1 rings (SSSR count). The number of rotatable bonds is 4. The van der Waals surface area contributed by atoms with Gasteiger partial charge in [0.2, 0.25) is 0 Å². The molecule has 0 aromatic rings. The molecule has 0 amide bonds. The summed E-state index contributed by atoms with van der Waals surface area (Å²) in [7, 11) is -1.75. The molecule has 0 aromatic heterocycles. The molecule has 3 atom stereocenters. The number of hydrogen-bond donors (Lipinski definition) is 0. The van der Waals surface area contributed by atoms with Crippen LogP contribution in [0.2, 0.25) is 0 Å². The van der Waals surface area contributed by atoms with Crippen molar-refractivity contribution in [2.24, 2.45) is 17.3 Å². The summed E-state index contributed by atoms with van der Waals surface area (Å²) in [4.78, 5) is 0. The number of nitrogens with zero attached hydrogens (tertiary/aromatic N) is 1. The lowest BCUT2D eigenvalue weighted by atomic mass is 9.70. The third-order valence-electron chi connectivity index (χ3n) is 4.22. The fourth-order valence-electron chi connectivity index (χ4n) is 2.81. The van der Waals surface area contributed by atoms with Gasteiger partial charge in [0.25, 0.3) is 0 Å². The molecule has 0 saturated heterocycles. The maximum atomic E-state index is 12.4. The molecule has 1 fully saturated rings. The summed E-state index contributed by atoms with van der Waals surface area (Å²) in [5, 5.41) is 8.67. The van der Waals surface area contributed by atoms with Crippen LogP contribution in [0, 0.1) is 28.6 Å². The maximum Gasteiger partial charge on any atom is 0.156 e. The number of nitriles is 1. The van der Waals surface area contributed by atoms with Crippen LogP contribution in [-0.4, -0.2) is 33.1 Å². The zero-order valence-electron chi connectivity index (χ0n) is 12.3. The summed E-state index contributed by atoms with van der Waals surface area (Å²) >= 11 is 0. The van der Waals surface area contributed by atoms with Crippen LogP contribution in [0.5, 0.6) is 0 Å². The largest absolute Gasteiger partial charge is 0.384 e. The van der Waals surface area contributed by atoms with Crippen LogP contribution in [0.4, 0.5) is 0 Å². The normalized spacial score (nSPS) is 28.9. The zero-order chi connectivity index (χ0) is 14.7. The van der Waals surface area contributed by atoms with Crippen LogP contribution in [0.25, 0.3) is 0 Å². The first kappa shape index (κ1) is 16.5. The Bertz CT molecular complexity index is 431. The van der Waals surface area contributed by atoms with Gasteiger partial charge >= 0.3 is 0 Å². The van der Waals surface area contributed by atoms with E-state index in [0.717, 1.165) is 6.42 Å². The molecule has 4 nitrogen and oxygen atoms in total. The van der Waals surface area contributed by atoms with Gasteiger partial charge in [-0.25, -0.2) is 8.42 Å². The van der Waals surface area contributed by atoms with Crippen molar-refractivity contribution >= 4 is 9.84 Å². The van der Waals surface area contributed by atoms with Gasteiger partial charge in [-0.1, -0.05) is 20.8 Å². The first-order chi connectivity index (χ1) is 8.72. The average molecular weight is 287 g/mol. The first-order valence-corrected chi connectivity index (χ1v) is 8.54. The van der Waals surface area contributed by atoms with Crippen molar-refractivity contribution in [1.82, 2.24) is 0 Å². The second-order valence-electron chi connectivity index (χ2n) is 6.51. The van der Waals surface area contributed by atoms with Gasteiger partial charge in [0, 0.05) is 7.11 Å². The van der Waals surface area contributed by atoms with Crippen LogP contribution >= 0.6 is 0 Å². The molecule has 3 unspecified atom stereocenters. The van der Waals surface area contributed by atoms with E-state index in [1.165, 1.54) is 7.11 Å². The monoisotopic (exact) mass is 287 g/mol. The quantitative estimate of drug-likeness (QED) is 0.796. The zero-order valence-corrected chi connectivity index (χ0v) is 13.2. The molecule has 1 saturated carbocycles. The Balaban J connectivity index is 2.90. The Hall–Kier alpha value is -0.600. The highest BCUT2D eigenvalue weighted by Gasteiger charge is 2.41. The highest BCUT2D eigenvalue weighted by atomic mass is 32.2. The van der Waals surface area contributed by atoms with Crippen molar-refractivity contribution in [3.05, 3.63) is 0 Å². The van der Waals surface area contributed by atoms with Crippen molar-refractivity contribution in [3.63, 3.8) is 0 Å². The summed E-state index contributed by atoms with van der Waals surface area (Å²) in [6.07, 6.45) is 2.24. The van der Waals surface area contributed by atoms with E-state index in [2.05, 4.69) is 26.8 Å². The second-order valence-corrected chi connectivity index (χ2v) is 8.85. The summed E-state index contributed by atoms with van der Waals surface area (Å²) < 4.78 is 29.6. The van der Waals surface area contributed by atoms with Crippen molar-refractivity contribution in [3.8, 4) is 6.07 Å². The minimum absolute atomic E-state index is 0.0171. The highest BCUT2D eigenvalue weighted by Crippen LogP contribution is 2.42. The van der Waals surface area contributed by atoms with E-state index in [1.54, 1.807) is 0 Å². The third kappa shape index (κ3) is 4.19. The standard InChI is InChI=1S/C14H25NO3S/c1-14(2,3)12-6-5-11(10-15)13(9-12)19(16,17)8-7-18-4/h11-13H,5-9H2,1-4H3. The Morgan fingerprint density at radius 3 is 2.42 bits per heavy atom. The minimum Gasteiger partial charge on any atom is -0.384 e. The smallest absolute Gasteiger partial charge is 0.156 e. The van der Waals surface area contributed by atoms with Gasteiger partial charge < -0.3 is 4.74 Å². The van der Waals surface area contributed by atoms with E-state index in [9.17, 15) is 13.7 Å². The van der Waals surface area contributed by atoms with Gasteiger partial charge in [0.15, 0.2) is 9.84 Å². The van der Waals surface area contributed by atoms with Gasteiger partial charge in [-0.05, 0) is 30.6 Å². The van der Waals surface area contributed by atoms with E-state index >= 15 is 0 Å². The van der Waals surface area contributed by atoms with Crippen molar-refractivity contribution in [1.29, 1.82) is 5.26 Å². The average Bonchev–Trinajstić information content (AvgIpc) is 2.34. The molecule has 0 bridgehead atoms. The molecule has 0 radical (unpaired) electrons.